The van der Waals surface area contributed by atoms with Crippen LogP contribution in [0, 0.1) is 0 Å². The van der Waals surface area contributed by atoms with Crippen molar-refractivity contribution in [2.75, 3.05) is 0 Å². The van der Waals surface area contributed by atoms with Gasteiger partial charge in [0.15, 0.2) is 0 Å². The van der Waals surface area contributed by atoms with Crippen molar-refractivity contribution in [1.82, 2.24) is 0 Å². The van der Waals surface area contributed by atoms with Gasteiger partial charge in [-0.2, -0.15) is 0 Å². The molecule has 0 aliphatic carbocycles. The lowest BCUT2D eigenvalue weighted by Crippen LogP contribution is -2.30. The van der Waals surface area contributed by atoms with Gasteiger partial charge in [0.2, 0.25) is 0 Å². The summed E-state index contributed by atoms with van der Waals surface area (Å²) in [5.41, 5.74) is 0.562. The van der Waals surface area contributed by atoms with Crippen molar-refractivity contribution in [1.29, 1.82) is 0 Å². The summed E-state index contributed by atoms with van der Waals surface area (Å²) in [6, 6.07) is 5.20. The number of aliphatic hydroxyl groups excluding tert-OH is 1. The van der Waals surface area contributed by atoms with Crippen molar-refractivity contribution < 1.29 is 9.90 Å². The summed E-state index contributed by atoms with van der Waals surface area (Å²) < 4.78 is 0. The normalized spacial score (nSPS) is 14.5. The molecule has 2 rings (SSSR count). The van der Waals surface area contributed by atoms with Gasteiger partial charge in [0.1, 0.15) is 5.76 Å². The van der Waals surface area contributed by atoms with Crippen molar-refractivity contribution in [3.05, 3.63) is 40.4 Å². The molecular weight excluding hydrogens is 166 g/mol. The molecule has 1 aliphatic heterocycles. The second-order valence-corrected chi connectivity index (χ2v) is 2.79. The Morgan fingerprint density at radius 3 is 2.92 bits per heavy atom. The molecule has 0 atom stereocenters. The van der Waals surface area contributed by atoms with E-state index in [9.17, 15) is 9.90 Å². The molecule has 0 saturated heterocycles. The van der Waals surface area contributed by atoms with Gasteiger partial charge in [0, 0.05) is 11.6 Å². The van der Waals surface area contributed by atoms with Gasteiger partial charge in [0.25, 0.3) is 5.91 Å². The van der Waals surface area contributed by atoms with E-state index in [1.54, 1.807) is 18.2 Å². The fraction of sp³-hybridized carbons (Fsp3) is 0. The number of carbonyl (C=O) groups is 1. The highest BCUT2D eigenvalue weighted by atomic mass is 16.3. The second-order valence-electron chi connectivity index (χ2n) is 2.79. The Labute approximate surface area is 74.4 Å². The predicted octanol–water partition coefficient (Wildman–Crippen LogP) is 0.156. The number of benzene rings is 1. The van der Waals surface area contributed by atoms with Crippen LogP contribution in [0.1, 0.15) is 5.56 Å². The van der Waals surface area contributed by atoms with Crippen LogP contribution in [-0.4, -0.2) is 11.0 Å². The van der Waals surface area contributed by atoms with Crippen molar-refractivity contribution in [3.63, 3.8) is 0 Å². The number of hydrogen-bond acceptors (Lipinski definition) is 2. The number of fused-ring (bicyclic) bond motifs is 1. The van der Waals surface area contributed by atoms with E-state index >= 15 is 0 Å². The molecule has 0 saturated carbocycles. The summed E-state index contributed by atoms with van der Waals surface area (Å²) in [7, 11) is 0. The van der Waals surface area contributed by atoms with E-state index in [-0.39, 0.29) is 5.76 Å². The number of amides is 1. The smallest absolute Gasteiger partial charge is 0.274 e. The topological polar surface area (TPSA) is 49.7 Å². The lowest BCUT2D eigenvalue weighted by atomic mass is 10.1. The highest BCUT2D eigenvalue weighted by Crippen LogP contribution is 2.07. The molecule has 1 aromatic rings. The molecule has 1 aromatic carbocycles. The van der Waals surface area contributed by atoms with Gasteiger partial charge in [-0.1, -0.05) is 18.7 Å². The first-order chi connectivity index (χ1) is 6.18. The summed E-state index contributed by atoms with van der Waals surface area (Å²) in [6.07, 6.45) is 1.10. The fourth-order valence-electron chi connectivity index (χ4n) is 1.27. The number of para-hydroxylation sites is 1. The summed E-state index contributed by atoms with van der Waals surface area (Å²) >= 11 is 0. The van der Waals surface area contributed by atoms with E-state index in [1.165, 1.54) is 0 Å². The van der Waals surface area contributed by atoms with Crippen LogP contribution in [0.4, 0.5) is 0 Å². The maximum absolute atomic E-state index is 11.0. The maximum Gasteiger partial charge on any atom is 0.274 e. The van der Waals surface area contributed by atoms with E-state index in [0.29, 0.717) is 16.1 Å². The Hall–Kier alpha value is -1.90. The number of carbonyl (C=O) groups excluding carboxylic acids is 1. The number of aliphatic hydroxyl groups is 1. The zero-order chi connectivity index (χ0) is 9.42. The van der Waals surface area contributed by atoms with Gasteiger partial charge in [0.05, 0.1) is 5.36 Å². The monoisotopic (exact) mass is 173 g/mol. The van der Waals surface area contributed by atoms with Crippen LogP contribution in [0.5, 0.6) is 0 Å². The Bertz CT molecular complexity index is 514. The molecule has 1 aliphatic rings. The number of rotatable bonds is 0. The highest BCUT2D eigenvalue weighted by molar-refractivity contribution is 5.96. The third kappa shape index (κ3) is 1.14. The largest absolute Gasteiger partial charge is 0.507 e. The average Bonchev–Trinajstić information content (AvgIpc) is 2.07. The lowest BCUT2D eigenvalue weighted by molar-refractivity contribution is -0.113. The van der Waals surface area contributed by atoms with Gasteiger partial charge >= 0.3 is 0 Å². The van der Waals surface area contributed by atoms with Crippen LogP contribution < -0.4 is 10.6 Å². The maximum atomic E-state index is 11.0. The zero-order valence-electron chi connectivity index (χ0n) is 6.82. The predicted molar refractivity (Wildman–Crippen MR) is 48.4 cm³/mol. The van der Waals surface area contributed by atoms with E-state index in [1.807, 2.05) is 0 Å². The molecule has 3 nitrogen and oxygen atoms in total. The fourth-order valence-corrected chi connectivity index (χ4v) is 1.27. The third-order valence-electron chi connectivity index (χ3n) is 1.88. The van der Waals surface area contributed by atoms with Gasteiger partial charge in [-0.15, -0.1) is 0 Å². The molecule has 0 radical (unpaired) electrons. The van der Waals surface area contributed by atoms with Gasteiger partial charge in [-0.05, 0) is 11.3 Å². The minimum Gasteiger partial charge on any atom is -0.507 e. The molecule has 0 spiro atoms. The standard InChI is InChI=1S/C10H7NO2/c1-6-3-2-4-7-8(12)5-9(13)11-10(6)7/h2-5,12H,1H2. The van der Waals surface area contributed by atoms with Crippen molar-refractivity contribution in [2.45, 2.75) is 0 Å². The molecule has 0 aromatic heterocycles. The van der Waals surface area contributed by atoms with Crippen LogP contribution in [0.25, 0.3) is 12.3 Å². The average molecular weight is 173 g/mol. The van der Waals surface area contributed by atoms with Crippen LogP contribution >= 0.6 is 0 Å². The molecule has 13 heavy (non-hydrogen) atoms. The van der Waals surface area contributed by atoms with E-state index in [4.69, 9.17) is 0 Å². The van der Waals surface area contributed by atoms with E-state index in [2.05, 4.69) is 11.6 Å². The Morgan fingerprint density at radius 2 is 2.15 bits per heavy atom. The van der Waals surface area contributed by atoms with E-state index < -0.39 is 5.91 Å². The molecule has 1 amide bonds. The molecule has 0 unspecified atom stereocenters. The minimum atomic E-state index is -0.443. The lowest BCUT2D eigenvalue weighted by Gasteiger charge is -2.04. The Kier molecular flexibility index (Phi) is 1.52. The summed E-state index contributed by atoms with van der Waals surface area (Å²) in [6.45, 7) is 3.72. The van der Waals surface area contributed by atoms with Crippen LogP contribution in [0.15, 0.2) is 29.3 Å². The summed E-state index contributed by atoms with van der Waals surface area (Å²) in [4.78, 5) is 14.7. The zero-order valence-corrected chi connectivity index (χ0v) is 6.82. The van der Waals surface area contributed by atoms with Gasteiger partial charge in [-0.25, -0.2) is 4.99 Å². The van der Waals surface area contributed by atoms with Crippen molar-refractivity contribution >= 4 is 18.2 Å². The Balaban J connectivity index is 2.92. The molecule has 0 fully saturated rings. The molecule has 1 heterocycles. The molecular formula is C10H7NO2. The first kappa shape index (κ1) is 7.73. The van der Waals surface area contributed by atoms with Crippen molar-refractivity contribution in [2.24, 2.45) is 4.99 Å². The number of nitrogens with zero attached hydrogens (tertiary/aromatic N) is 1. The quantitative estimate of drug-likeness (QED) is 0.607. The van der Waals surface area contributed by atoms with Gasteiger partial charge in [-0.3, -0.25) is 4.79 Å². The minimum absolute atomic E-state index is 0.0412. The van der Waals surface area contributed by atoms with E-state index in [0.717, 1.165) is 6.08 Å². The van der Waals surface area contributed by atoms with Crippen LogP contribution in [0.2, 0.25) is 0 Å². The third-order valence-corrected chi connectivity index (χ3v) is 1.88. The Morgan fingerprint density at radius 1 is 1.38 bits per heavy atom. The molecule has 3 heteroatoms. The molecule has 64 valence electrons. The van der Waals surface area contributed by atoms with Crippen LogP contribution in [0.3, 0.4) is 0 Å². The first-order valence-corrected chi connectivity index (χ1v) is 3.80. The summed E-state index contributed by atoms with van der Waals surface area (Å²) in [5.74, 6) is -0.485. The SMILES string of the molecule is C=c1cccc2c1=NC(=O)C=C2O. The van der Waals surface area contributed by atoms with Crippen molar-refractivity contribution in [3.8, 4) is 0 Å². The molecule has 1 N–H and O–H groups in total. The highest BCUT2D eigenvalue weighted by Gasteiger charge is 2.10. The second kappa shape index (κ2) is 2.55. The molecule has 0 bridgehead atoms. The summed E-state index contributed by atoms with van der Waals surface area (Å²) in [5, 5.41) is 10.5. The van der Waals surface area contributed by atoms with Crippen LogP contribution in [-0.2, 0) is 4.79 Å². The first-order valence-electron chi connectivity index (χ1n) is 3.80. The van der Waals surface area contributed by atoms with Gasteiger partial charge < -0.3 is 5.11 Å². The number of hydrogen-bond donors (Lipinski definition) is 1.